The van der Waals surface area contributed by atoms with Crippen molar-refractivity contribution >= 4 is 5.97 Å². The molecule has 96 valence electrons. The molecular weight excluding hydrogens is 214 g/mol. The summed E-state index contributed by atoms with van der Waals surface area (Å²) < 4.78 is 5.33. The SMILES string of the molecule is CC(=O)OC(C)(C#CCN1CCCC1)C(C)C. The fourth-order valence-corrected chi connectivity index (χ4v) is 1.85. The van der Waals surface area contributed by atoms with Crippen molar-refractivity contribution in [3.8, 4) is 11.8 Å². The van der Waals surface area contributed by atoms with E-state index < -0.39 is 5.60 Å². The van der Waals surface area contributed by atoms with Crippen LogP contribution in [0, 0.1) is 17.8 Å². The summed E-state index contributed by atoms with van der Waals surface area (Å²) in [6, 6.07) is 0. The van der Waals surface area contributed by atoms with Gasteiger partial charge in [-0.15, -0.1) is 0 Å². The van der Waals surface area contributed by atoms with Crippen LogP contribution < -0.4 is 0 Å². The van der Waals surface area contributed by atoms with E-state index in [1.165, 1.54) is 19.8 Å². The molecule has 1 heterocycles. The summed E-state index contributed by atoms with van der Waals surface area (Å²) in [6.45, 7) is 10.4. The number of esters is 1. The normalized spacial score (nSPS) is 19.6. The van der Waals surface area contributed by atoms with Gasteiger partial charge in [0.1, 0.15) is 0 Å². The largest absolute Gasteiger partial charge is 0.446 e. The molecule has 1 fully saturated rings. The van der Waals surface area contributed by atoms with Gasteiger partial charge in [0.15, 0.2) is 5.60 Å². The van der Waals surface area contributed by atoms with Crippen LogP contribution in [0.4, 0.5) is 0 Å². The van der Waals surface area contributed by atoms with E-state index in [4.69, 9.17) is 4.74 Å². The third-order valence-corrected chi connectivity index (χ3v) is 3.30. The molecule has 0 aromatic heterocycles. The molecule has 17 heavy (non-hydrogen) atoms. The van der Waals surface area contributed by atoms with Crippen molar-refractivity contribution in [1.82, 2.24) is 4.90 Å². The maximum Gasteiger partial charge on any atom is 0.304 e. The van der Waals surface area contributed by atoms with E-state index >= 15 is 0 Å². The molecule has 0 saturated carbocycles. The molecule has 3 heteroatoms. The van der Waals surface area contributed by atoms with Gasteiger partial charge in [-0.1, -0.05) is 25.7 Å². The molecule has 0 bridgehead atoms. The average Bonchev–Trinajstić information content (AvgIpc) is 2.69. The molecule has 0 spiro atoms. The number of carbonyl (C=O) groups excluding carboxylic acids is 1. The van der Waals surface area contributed by atoms with E-state index in [-0.39, 0.29) is 11.9 Å². The zero-order chi connectivity index (χ0) is 12.9. The summed E-state index contributed by atoms with van der Waals surface area (Å²) in [5, 5.41) is 0. The molecule has 0 aliphatic carbocycles. The molecule has 0 amide bonds. The maximum atomic E-state index is 11.1. The number of rotatable bonds is 3. The number of hydrogen-bond acceptors (Lipinski definition) is 3. The van der Waals surface area contributed by atoms with Crippen LogP contribution in [-0.4, -0.2) is 36.1 Å². The van der Waals surface area contributed by atoms with Gasteiger partial charge in [0.25, 0.3) is 0 Å². The van der Waals surface area contributed by atoms with E-state index in [2.05, 4.69) is 16.7 Å². The standard InChI is InChI=1S/C14H23NO2/c1-12(2)14(4,17-13(3)16)8-7-11-15-9-5-6-10-15/h12H,5-6,9-11H2,1-4H3. The van der Waals surface area contributed by atoms with Crippen molar-refractivity contribution in [3.05, 3.63) is 0 Å². The summed E-state index contributed by atoms with van der Waals surface area (Å²) in [6.07, 6.45) is 2.54. The minimum Gasteiger partial charge on any atom is -0.446 e. The van der Waals surface area contributed by atoms with Crippen LogP contribution in [0.3, 0.4) is 0 Å². The van der Waals surface area contributed by atoms with Gasteiger partial charge < -0.3 is 4.74 Å². The van der Waals surface area contributed by atoms with Crippen LogP contribution in [-0.2, 0) is 9.53 Å². The van der Waals surface area contributed by atoms with Crippen LogP contribution in [0.25, 0.3) is 0 Å². The Hall–Kier alpha value is -1.01. The molecular formula is C14H23NO2. The summed E-state index contributed by atoms with van der Waals surface area (Å²) in [5.74, 6) is 6.20. The first-order valence-electron chi connectivity index (χ1n) is 6.36. The number of nitrogens with zero attached hydrogens (tertiary/aromatic N) is 1. The van der Waals surface area contributed by atoms with Crippen molar-refractivity contribution in [1.29, 1.82) is 0 Å². The lowest BCUT2D eigenvalue weighted by molar-refractivity contribution is -0.153. The van der Waals surface area contributed by atoms with Crippen LogP contribution >= 0.6 is 0 Å². The van der Waals surface area contributed by atoms with Crippen molar-refractivity contribution in [2.24, 2.45) is 5.92 Å². The predicted octanol–water partition coefficient (Wildman–Crippen LogP) is 2.06. The number of carbonyl (C=O) groups is 1. The third kappa shape index (κ3) is 4.40. The first-order chi connectivity index (χ1) is 7.94. The molecule has 0 N–H and O–H groups in total. The molecule has 1 aliphatic rings. The van der Waals surface area contributed by atoms with E-state index in [0.29, 0.717) is 0 Å². The highest BCUT2D eigenvalue weighted by Crippen LogP contribution is 2.20. The topological polar surface area (TPSA) is 29.5 Å². The van der Waals surface area contributed by atoms with Crippen LogP contribution in [0.15, 0.2) is 0 Å². The minimum atomic E-state index is -0.661. The fourth-order valence-electron chi connectivity index (χ4n) is 1.85. The molecule has 0 radical (unpaired) electrons. The summed E-state index contributed by atoms with van der Waals surface area (Å²) in [7, 11) is 0. The van der Waals surface area contributed by atoms with Crippen LogP contribution in [0.2, 0.25) is 0 Å². The molecule has 1 aliphatic heterocycles. The number of hydrogen-bond donors (Lipinski definition) is 0. The van der Waals surface area contributed by atoms with E-state index in [0.717, 1.165) is 19.6 Å². The molecule has 1 atom stereocenters. The Balaban J connectivity index is 2.59. The molecule has 3 nitrogen and oxygen atoms in total. The summed E-state index contributed by atoms with van der Waals surface area (Å²) >= 11 is 0. The molecule has 1 saturated heterocycles. The quantitative estimate of drug-likeness (QED) is 0.556. The van der Waals surface area contributed by atoms with E-state index in [1.807, 2.05) is 20.8 Å². The second kappa shape index (κ2) is 6.07. The summed E-state index contributed by atoms with van der Waals surface area (Å²) in [4.78, 5) is 13.4. The average molecular weight is 237 g/mol. The minimum absolute atomic E-state index is 0.192. The van der Waals surface area contributed by atoms with Crippen molar-refractivity contribution in [3.63, 3.8) is 0 Å². The van der Waals surface area contributed by atoms with Gasteiger partial charge in [0.2, 0.25) is 0 Å². The highest BCUT2D eigenvalue weighted by atomic mass is 16.6. The molecule has 0 aromatic carbocycles. The second-order valence-corrected chi connectivity index (χ2v) is 5.14. The van der Waals surface area contributed by atoms with E-state index in [1.54, 1.807) is 0 Å². The monoisotopic (exact) mass is 237 g/mol. The Bertz CT molecular complexity index is 321. The maximum absolute atomic E-state index is 11.1. The lowest BCUT2D eigenvalue weighted by atomic mass is 9.93. The zero-order valence-electron chi connectivity index (χ0n) is 11.4. The van der Waals surface area contributed by atoms with Crippen LogP contribution in [0.5, 0.6) is 0 Å². The molecule has 1 unspecified atom stereocenters. The first-order valence-corrected chi connectivity index (χ1v) is 6.36. The zero-order valence-corrected chi connectivity index (χ0v) is 11.4. The number of likely N-dealkylation sites (tertiary alicyclic amines) is 1. The van der Waals surface area contributed by atoms with Gasteiger partial charge in [-0.2, -0.15) is 0 Å². The van der Waals surface area contributed by atoms with Crippen LogP contribution in [0.1, 0.15) is 40.5 Å². The lowest BCUT2D eigenvalue weighted by Gasteiger charge is -2.27. The Labute approximate surface area is 105 Å². The first kappa shape index (κ1) is 14.1. The Kier molecular flexibility index (Phi) is 5.02. The number of ether oxygens (including phenoxy) is 1. The molecule has 0 aromatic rings. The smallest absolute Gasteiger partial charge is 0.304 e. The van der Waals surface area contributed by atoms with Gasteiger partial charge >= 0.3 is 5.97 Å². The predicted molar refractivity (Wildman–Crippen MR) is 68.5 cm³/mol. The van der Waals surface area contributed by atoms with Gasteiger partial charge in [-0.05, 0) is 32.9 Å². The third-order valence-electron chi connectivity index (χ3n) is 3.30. The molecule has 1 rings (SSSR count). The fraction of sp³-hybridized carbons (Fsp3) is 0.786. The van der Waals surface area contributed by atoms with Crippen molar-refractivity contribution in [2.75, 3.05) is 19.6 Å². The van der Waals surface area contributed by atoms with Gasteiger partial charge in [-0.25, -0.2) is 0 Å². The Morgan fingerprint density at radius 3 is 2.47 bits per heavy atom. The van der Waals surface area contributed by atoms with Crippen molar-refractivity contribution < 1.29 is 9.53 Å². The van der Waals surface area contributed by atoms with E-state index in [9.17, 15) is 4.79 Å². The highest BCUT2D eigenvalue weighted by Gasteiger charge is 2.29. The van der Waals surface area contributed by atoms with Gasteiger partial charge in [-0.3, -0.25) is 9.69 Å². The van der Waals surface area contributed by atoms with Gasteiger partial charge in [0, 0.05) is 12.8 Å². The van der Waals surface area contributed by atoms with Gasteiger partial charge in [0.05, 0.1) is 6.54 Å². The van der Waals surface area contributed by atoms with Crippen molar-refractivity contribution in [2.45, 2.75) is 46.1 Å². The Morgan fingerprint density at radius 2 is 2.00 bits per heavy atom. The lowest BCUT2D eigenvalue weighted by Crippen LogP contribution is -2.35. The highest BCUT2D eigenvalue weighted by molar-refractivity contribution is 5.67. The second-order valence-electron chi connectivity index (χ2n) is 5.14. The Morgan fingerprint density at radius 1 is 1.41 bits per heavy atom. The summed E-state index contributed by atoms with van der Waals surface area (Å²) in [5.41, 5.74) is -0.661.